The molecular formula is C19H19ClFNO. The molecule has 3 rings (SSSR count). The molecule has 2 aromatic rings. The van der Waals surface area contributed by atoms with Gasteiger partial charge < -0.3 is 0 Å². The summed E-state index contributed by atoms with van der Waals surface area (Å²) in [7, 11) is 0. The molecule has 0 amide bonds. The molecule has 0 spiro atoms. The molecule has 23 heavy (non-hydrogen) atoms. The van der Waals surface area contributed by atoms with Gasteiger partial charge in [-0.3, -0.25) is 9.69 Å². The molecule has 0 unspecified atom stereocenters. The second-order valence-corrected chi connectivity index (χ2v) is 6.27. The molecule has 0 aliphatic carbocycles. The second kappa shape index (κ2) is 7.24. The smallest absolute Gasteiger partial charge is 0.193 e. The second-order valence-electron chi connectivity index (χ2n) is 5.89. The van der Waals surface area contributed by atoms with Crippen LogP contribution < -0.4 is 0 Å². The Morgan fingerprint density at radius 3 is 2.74 bits per heavy atom. The third kappa shape index (κ3) is 3.80. The van der Waals surface area contributed by atoms with E-state index in [0.29, 0.717) is 17.0 Å². The number of nitrogens with zero attached hydrogens (tertiary/aromatic N) is 1. The van der Waals surface area contributed by atoms with Gasteiger partial charge in [-0.1, -0.05) is 24.3 Å². The van der Waals surface area contributed by atoms with Gasteiger partial charge in [-0.15, -0.1) is 11.6 Å². The summed E-state index contributed by atoms with van der Waals surface area (Å²) in [6.45, 7) is 2.85. The van der Waals surface area contributed by atoms with E-state index in [1.54, 1.807) is 12.1 Å². The highest BCUT2D eigenvalue weighted by atomic mass is 35.5. The third-order valence-electron chi connectivity index (χ3n) is 4.25. The number of carbonyl (C=O) groups is 1. The number of hydrogen-bond donors (Lipinski definition) is 0. The Morgan fingerprint density at radius 1 is 1.13 bits per heavy atom. The maximum atomic E-state index is 13.3. The van der Waals surface area contributed by atoms with Crippen LogP contribution in [0.1, 0.15) is 33.5 Å². The van der Waals surface area contributed by atoms with Gasteiger partial charge in [0.05, 0.1) is 0 Å². The average Bonchev–Trinajstić information content (AvgIpc) is 2.58. The summed E-state index contributed by atoms with van der Waals surface area (Å²) < 4.78 is 13.3. The molecule has 0 radical (unpaired) electrons. The van der Waals surface area contributed by atoms with Gasteiger partial charge in [0.1, 0.15) is 5.82 Å². The van der Waals surface area contributed by atoms with Crippen molar-refractivity contribution in [2.75, 3.05) is 19.0 Å². The molecule has 2 aromatic carbocycles. The summed E-state index contributed by atoms with van der Waals surface area (Å²) in [4.78, 5) is 14.9. The van der Waals surface area contributed by atoms with Gasteiger partial charge in [-0.2, -0.15) is 0 Å². The highest BCUT2D eigenvalue weighted by molar-refractivity contribution is 6.17. The van der Waals surface area contributed by atoms with E-state index in [9.17, 15) is 9.18 Å². The number of halogens is 2. The van der Waals surface area contributed by atoms with E-state index in [0.717, 1.165) is 32.5 Å². The number of rotatable bonds is 5. The zero-order valence-corrected chi connectivity index (χ0v) is 13.7. The van der Waals surface area contributed by atoms with Crippen molar-refractivity contribution in [1.82, 2.24) is 4.90 Å². The number of ketones is 1. The summed E-state index contributed by atoms with van der Waals surface area (Å²) in [6.07, 6.45) is 1.96. The summed E-state index contributed by atoms with van der Waals surface area (Å²) in [5, 5.41) is 0. The largest absolute Gasteiger partial charge is 0.299 e. The highest BCUT2D eigenvalue weighted by Gasteiger charge is 2.18. The lowest BCUT2D eigenvalue weighted by atomic mass is 9.94. The van der Waals surface area contributed by atoms with Gasteiger partial charge in [0.25, 0.3) is 0 Å². The normalized spacial score (nSPS) is 14.5. The summed E-state index contributed by atoms with van der Waals surface area (Å²) >= 11 is 5.77. The van der Waals surface area contributed by atoms with E-state index in [2.05, 4.69) is 4.90 Å². The van der Waals surface area contributed by atoms with Crippen molar-refractivity contribution in [2.24, 2.45) is 0 Å². The van der Waals surface area contributed by atoms with Crippen LogP contribution in [-0.4, -0.2) is 29.7 Å². The molecule has 1 aliphatic heterocycles. The Morgan fingerprint density at radius 2 is 1.96 bits per heavy atom. The quantitative estimate of drug-likeness (QED) is 0.608. The van der Waals surface area contributed by atoms with Crippen LogP contribution >= 0.6 is 11.6 Å². The van der Waals surface area contributed by atoms with Gasteiger partial charge in [-0.05, 0) is 48.7 Å². The highest BCUT2D eigenvalue weighted by Crippen LogP contribution is 2.22. The average molecular weight is 332 g/mol. The Kier molecular flexibility index (Phi) is 5.09. The van der Waals surface area contributed by atoms with E-state index < -0.39 is 0 Å². The molecular weight excluding hydrogens is 313 g/mol. The van der Waals surface area contributed by atoms with Crippen LogP contribution in [0.4, 0.5) is 4.39 Å². The van der Waals surface area contributed by atoms with Crippen LogP contribution in [-0.2, 0) is 13.0 Å². The molecule has 2 nitrogen and oxygen atoms in total. The van der Waals surface area contributed by atoms with Crippen molar-refractivity contribution >= 4 is 17.4 Å². The first-order chi connectivity index (χ1) is 11.2. The first kappa shape index (κ1) is 16.2. The minimum Gasteiger partial charge on any atom is -0.299 e. The van der Waals surface area contributed by atoms with E-state index in [1.807, 2.05) is 18.2 Å². The van der Waals surface area contributed by atoms with Gasteiger partial charge in [0.2, 0.25) is 0 Å². The van der Waals surface area contributed by atoms with Gasteiger partial charge in [0, 0.05) is 30.1 Å². The van der Waals surface area contributed by atoms with Crippen LogP contribution in [0.3, 0.4) is 0 Å². The van der Waals surface area contributed by atoms with Crippen molar-refractivity contribution in [3.63, 3.8) is 0 Å². The van der Waals surface area contributed by atoms with E-state index in [-0.39, 0.29) is 11.6 Å². The molecule has 0 fully saturated rings. The maximum Gasteiger partial charge on any atom is 0.193 e. The third-order valence-corrected chi connectivity index (χ3v) is 4.52. The van der Waals surface area contributed by atoms with Crippen LogP contribution in [0.5, 0.6) is 0 Å². The first-order valence-corrected chi connectivity index (χ1v) is 8.41. The predicted octanol–water partition coefficient (Wildman–Crippen LogP) is 4.04. The molecule has 4 heteroatoms. The minimum atomic E-state index is -0.388. The fraction of sp³-hybridized carbons (Fsp3) is 0.316. The molecule has 0 saturated carbocycles. The topological polar surface area (TPSA) is 20.3 Å². The van der Waals surface area contributed by atoms with Crippen LogP contribution in [0, 0.1) is 5.82 Å². The van der Waals surface area contributed by atoms with Gasteiger partial charge >= 0.3 is 0 Å². The Hall–Kier alpha value is -1.71. The monoisotopic (exact) mass is 331 g/mol. The molecule has 120 valence electrons. The number of alkyl halides is 1. The summed E-state index contributed by atoms with van der Waals surface area (Å²) in [6, 6.07) is 11.7. The SMILES string of the molecule is O=C(c1cccc(F)c1)c1ccc2c(c1)CN(CCCCl)CC2. The van der Waals surface area contributed by atoms with Crippen molar-refractivity contribution in [1.29, 1.82) is 0 Å². The molecule has 0 aromatic heterocycles. The van der Waals surface area contributed by atoms with Gasteiger partial charge in [-0.25, -0.2) is 4.39 Å². The maximum absolute atomic E-state index is 13.3. The van der Waals surface area contributed by atoms with E-state index in [4.69, 9.17) is 11.6 Å². The van der Waals surface area contributed by atoms with Gasteiger partial charge in [0.15, 0.2) is 5.78 Å². The van der Waals surface area contributed by atoms with Crippen LogP contribution in [0.15, 0.2) is 42.5 Å². The molecule has 0 atom stereocenters. The van der Waals surface area contributed by atoms with Crippen molar-refractivity contribution in [2.45, 2.75) is 19.4 Å². The summed E-state index contributed by atoms with van der Waals surface area (Å²) in [5.74, 6) is 0.146. The minimum absolute atomic E-state index is 0.134. The van der Waals surface area contributed by atoms with Crippen molar-refractivity contribution in [3.05, 3.63) is 70.5 Å². The number of carbonyl (C=O) groups excluding carboxylic acids is 1. The number of hydrogen-bond acceptors (Lipinski definition) is 2. The Bertz CT molecular complexity index is 716. The molecule has 0 saturated heterocycles. The molecule has 0 N–H and O–H groups in total. The Labute approximate surface area is 140 Å². The lowest BCUT2D eigenvalue weighted by Gasteiger charge is -2.28. The fourth-order valence-corrected chi connectivity index (χ4v) is 3.15. The lowest BCUT2D eigenvalue weighted by Crippen LogP contribution is -2.31. The molecule has 1 aliphatic rings. The van der Waals surface area contributed by atoms with Crippen molar-refractivity contribution in [3.8, 4) is 0 Å². The number of fused-ring (bicyclic) bond motifs is 1. The standard InChI is InChI=1S/C19H19ClFNO/c20-8-2-9-22-10-7-14-5-6-16(11-17(14)13-22)19(23)15-3-1-4-18(21)12-15/h1,3-6,11-12H,2,7-10,13H2. The fourth-order valence-electron chi connectivity index (χ4n) is 3.03. The first-order valence-electron chi connectivity index (χ1n) is 7.88. The Balaban J connectivity index is 1.81. The zero-order chi connectivity index (χ0) is 16.2. The summed E-state index contributed by atoms with van der Waals surface area (Å²) in [5.41, 5.74) is 3.49. The number of benzene rings is 2. The van der Waals surface area contributed by atoms with Crippen LogP contribution in [0.25, 0.3) is 0 Å². The lowest BCUT2D eigenvalue weighted by molar-refractivity contribution is 0.103. The van der Waals surface area contributed by atoms with Crippen molar-refractivity contribution < 1.29 is 9.18 Å². The predicted molar refractivity (Wildman–Crippen MR) is 90.6 cm³/mol. The van der Waals surface area contributed by atoms with E-state index in [1.165, 1.54) is 23.3 Å². The van der Waals surface area contributed by atoms with Crippen LogP contribution in [0.2, 0.25) is 0 Å². The zero-order valence-electron chi connectivity index (χ0n) is 12.9. The molecule has 0 bridgehead atoms. The molecule has 1 heterocycles. The van der Waals surface area contributed by atoms with E-state index >= 15 is 0 Å².